The highest BCUT2D eigenvalue weighted by molar-refractivity contribution is 5.91. The van der Waals surface area contributed by atoms with E-state index in [0.29, 0.717) is 28.8 Å². The Bertz CT molecular complexity index is 1180. The molecule has 168 valence electrons. The molecule has 4 aromatic rings. The summed E-state index contributed by atoms with van der Waals surface area (Å²) < 4.78 is 15.6. The number of rotatable bonds is 5. The van der Waals surface area contributed by atoms with Crippen molar-refractivity contribution < 1.29 is 23.6 Å². The van der Waals surface area contributed by atoms with Gasteiger partial charge in [0.05, 0.1) is 5.56 Å². The molecule has 0 N–H and O–H groups in total. The van der Waals surface area contributed by atoms with E-state index < -0.39 is 11.9 Å². The average molecular weight is 444 g/mol. The standard InChI is InChI=1S/C23H16N2O5.C3H8/c1-15(26)28-19-13-9-18(10-14-19)23(27)29-20-11-7-16(8-12-20)21-24-22(30-25-21)17-5-3-2-4-6-17;1-3-2/h2-14H,1H3;3H2,1-2H3. The van der Waals surface area contributed by atoms with Crippen LogP contribution < -0.4 is 9.47 Å². The first-order valence-electron chi connectivity index (χ1n) is 10.5. The maximum absolute atomic E-state index is 12.3. The molecule has 4 rings (SSSR count). The van der Waals surface area contributed by atoms with E-state index in [0.717, 1.165) is 11.1 Å². The van der Waals surface area contributed by atoms with Crippen LogP contribution in [0.25, 0.3) is 22.8 Å². The van der Waals surface area contributed by atoms with Crippen LogP contribution in [-0.4, -0.2) is 22.1 Å². The summed E-state index contributed by atoms with van der Waals surface area (Å²) in [6.07, 6.45) is 1.25. The number of benzene rings is 3. The van der Waals surface area contributed by atoms with Crippen LogP contribution in [-0.2, 0) is 4.79 Å². The van der Waals surface area contributed by atoms with Crippen LogP contribution in [0.1, 0.15) is 37.6 Å². The van der Waals surface area contributed by atoms with Gasteiger partial charge in [0.2, 0.25) is 5.82 Å². The lowest BCUT2D eigenvalue weighted by Crippen LogP contribution is -2.08. The second-order valence-corrected chi connectivity index (χ2v) is 7.03. The molecule has 1 aromatic heterocycles. The van der Waals surface area contributed by atoms with Crippen molar-refractivity contribution in [2.45, 2.75) is 27.2 Å². The highest BCUT2D eigenvalue weighted by Crippen LogP contribution is 2.24. The molecular formula is C26H24N2O5. The highest BCUT2D eigenvalue weighted by Gasteiger charge is 2.12. The summed E-state index contributed by atoms with van der Waals surface area (Å²) in [6.45, 7) is 5.56. The highest BCUT2D eigenvalue weighted by atomic mass is 16.5. The third kappa shape index (κ3) is 6.61. The zero-order chi connectivity index (χ0) is 23.6. The Morgan fingerprint density at radius 2 is 1.36 bits per heavy atom. The molecule has 0 aliphatic carbocycles. The fourth-order valence-corrected chi connectivity index (χ4v) is 2.70. The van der Waals surface area contributed by atoms with Crippen LogP contribution in [0.3, 0.4) is 0 Å². The van der Waals surface area contributed by atoms with Crippen LogP contribution in [0, 0.1) is 0 Å². The molecule has 0 aliphatic rings. The molecule has 0 aliphatic heterocycles. The van der Waals surface area contributed by atoms with Gasteiger partial charge in [0, 0.05) is 18.1 Å². The van der Waals surface area contributed by atoms with Crippen LogP contribution in [0.4, 0.5) is 0 Å². The van der Waals surface area contributed by atoms with Gasteiger partial charge in [-0.2, -0.15) is 4.98 Å². The zero-order valence-electron chi connectivity index (χ0n) is 18.6. The Labute approximate surface area is 192 Å². The van der Waals surface area contributed by atoms with Gasteiger partial charge in [-0.25, -0.2) is 4.79 Å². The number of carbonyl (C=O) groups is 2. The van der Waals surface area contributed by atoms with Crippen LogP contribution in [0.15, 0.2) is 83.4 Å². The monoisotopic (exact) mass is 444 g/mol. The van der Waals surface area contributed by atoms with Crippen molar-refractivity contribution >= 4 is 11.9 Å². The number of aromatic nitrogens is 2. The Hall–Kier alpha value is -4.26. The lowest BCUT2D eigenvalue weighted by molar-refractivity contribution is -0.131. The van der Waals surface area contributed by atoms with E-state index >= 15 is 0 Å². The minimum Gasteiger partial charge on any atom is -0.427 e. The summed E-state index contributed by atoms with van der Waals surface area (Å²) >= 11 is 0. The lowest BCUT2D eigenvalue weighted by Gasteiger charge is -2.06. The van der Waals surface area contributed by atoms with E-state index in [2.05, 4.69) is 24.0 Å². The first-order valence-corrected chi connectivity index (χ1v) is 10.5. The van der Waals surface area contributed by atoms with Gasteiger partial charge in [0.1, 0.15) is 11.5 Å². The molecular weight excluding hydrogens is 420 g/mol. The van der Waals surface area contributed by atoms with E-state index in [1.165, 1.54) is 37.6 Å². The summed E-state index contributed by atoms with van der Waals surface area (Å²) in [4.78, 5) is 27.6. The number of esters is 2. The Morgan fingerprint density at radius 1 is 0.788 bits per heavy atom. The molecule has 0 spiro atoms. The molecule has 7 nitrogen and oxygen atoms in total. The van der Waals surface area contributed by atoms with E-state index in [9.17, 15) is 9.59 Å². The van der Waals surface area contributed by atoms with Crippen molar-refractivity contribution in [2.24, 2.45) is 0 Å². The summed E-state index contributed by atoms with van der Waals surface area (Å²) in [5, 5.41) is 4.00. The molecule has 0 saturated carbocycles. The fraction of sp³-hybridized carbons (Fsp3) is 0.154. The number of hydrogen-bond donors (Lipinski definition) is 0. The summed E-state index contributed by atoms with van der Waals surface area (Å²) in [5.41, 5.74) is 1.90. The molecule has 0 amide bonds. The molecule has 0 atom stereocenters. The third-order valence-corrected chi connectivity index (χ3v) is 4.12. The predicted octanol–water partition coefficient (Wildman–Crippen LogP) is 5.96. The Kier molecular flexibility index (Phi) is 8.07. The minimum absolute atomic E-state index is 0.334. The van der Waals surface area contributed by atoms with Gasteiger partial charge in [-0.3, -0.25) is 4.79 Å². The fourth-order valence-electron chi connectivity index (χ4n) is 2.70. The number of carbonyl (C=O) groups excluding carboxylic acids is 2. The quantitative estimate of drug-likeness (QED) is 0.277. The van der Waals surface area contributed by atoms with E-state index in [4.69, 9.17) is 14.0 Å². The van der Waals surface area contributed by atoms with Crippen LogP contribution >= 0.6 is 0 Å². The summed E-state index contributed by atoms with van der Waals surface area (Å²) in [6, 6.07) is 22.4. The second-order valence-electron chi connectivity index (χ2n) is 7.03. The average Bonchev–Trinajstić information content (AvgIpc) is 3.31. The van der Waals surface area contributed by atoms with Gasteiger partial charge in [0.25, 0.3) is 5.89 Å². The van der Waals surface area contributed by atoms with Gasteiger partial charge in [0.15, 0.2) is 0 Å². The molecule has 0 unspecified atom stereocenters. The molecule has 33 heavy (non-hydrogen) atoms. The molecule has 0 fully saturated rings. The Morgan fingerprint density at radius 3 is 1.97 bits per heavy atom. The van der Waals surface area contributed by atoms with Crippen molar-refractivity contribution in [3.63, 3.8) is 0 Å². The molecule has 0 bridgehead atoms. The van der Waals surface area contributed by atoms with Crippen LogP contribution in [0.5, 0.6) is 11.5 Å². The van der Waals surface area contributed by atoms with E-state index in [1.807, 2.05) is 30.3 Å². The van der Waals surface area contributed by atoms with Crippen molar-refractivity contribution in [1.82, 2.24) is 10.1 Å². The topological polar surface area (TPSA) is 91.5 Å². The zero-order valence-corrected chi connectivity index (χ0v) is 18.6. The SMILES string of the molecule is CC(=O)Oc1ccc(C(=O)Oc2ccc(-c3noc(-c4ccccc4)n3)cc2)cc1.CCC. The number of hydrogen-bond acceptors (Lipinski definition) is 7. The summed E-state index contributed by atoms with van der Waals surface area (Å²) in [5.74, 6) is 0.648. The Balaban J connectivity index is 0.000000968. The third-order valence-electron chi connectivity index (χ3n) is 4.12. The second kappa shape index (κ2) is 11.4. The lowest BCUT2D eigenvalue weighted by atomic mass is 10.2. The van der Waals surface area contributed by atoms with Gasteiger partial charge in [-0.1, -0.05) is 43.6 Å². The predicted molar refractivity (Wildman–Crippen MR) is 124 cm³/mol. The van der Waals surface area contributed by atoms with E-state index in [-0.39, 0.29) is 0 Å². The normalized spacial score (nSPS) is 10.0. The summed E-state index contributed by atoms with van der Waals surface area (Å²) in [7, 11) is 0. The maximum atomic E-state index is 12.3. The largest absolute Gasteiger partial charge is 0.427 e. The van der Waals surface area contributed by atoms with Gasteiger partial charge in [-0.05, 0) is 60.7 Å². The van der Waals surface area contributed by atoms with Crippen molar-refractivity contribution in [3.8, 4) is 34.3 Å². The number of nitrogens with zero attached hydrogens (tertiary/aromatic N) is 2. The van der Waals surface area contributed by atoms with Gasteiger partial charge < -0.3 is 14.0 Å². The van der Waals surface area contributed by atoms with Crippen molar-refractivity contribution in [2.75, 3.05) is 0 Å². The molecule has 7 heteroatoms. The van der Waals surface area contributed by atoms with Crippen LogP contribution in [0.2, 0.25) is 0 Å². The van der Waals surface area contributed by atoms with Crippen molar-refractivity contribution in [3.05, 3.63) is 84.4 Å². The molecule has 0 saturated heterocycles. The number of ether oxygens (including phenoxy) is 2. The first-order chi connectivity index (χ1) is 16.0. The molecule has 3 aromatic carbocycles. The van der Waals surface area contributed by atoms with Crippen molar-refractivity contribution in [1.29, 1.82) is 0 Å². The smallest absolute Gasteiger partial charge is 0.343 e. The molecule has 1 heterocycles. The van der Waals surface area contributed by atoms with E-state index in [1.54, 1.807) is 24.3 Å². The first kappa shape index (κ1) is 23.4. The van der Waals surface area contributed by atoms with Gasteiger partial charge >= 0.3 is 11.9 Å². The maximum Gasteiger partial charge on any atom is 0.343 e. The minimum atomic E-state index is -0.525. The molecule has 0 radical (unpaired) electrons. The van der Waals surface area contributed by atoms with Gasteiger partial charge in [-0.15, -0.1) is 0 Å².